The summed E-state index contributed by atoms with van der Waals surface area (Å²) in [5.74, 6) is -0.440. The van der Waals surface area contributed by atoms with Gasteiger partial charge in [-0.2, -0.15) is 0 Å². The topological polar surface area (TPSA) is 86.7 Å². The van der Waals surface area contributed by atoms with E-state index in [0.29, 0.717) is 11.6 Å². The number of carbonyl (C=O) groups excluding carboxylic acids is 1. The predicted molar refractivity (Wildman–Crippen MR) is 48.2 cm³/mol. The van der Waals surface area contributed by atoms with Crippen LogP contribution in [0.25, 0.3) is 0 Å². The molecule has 0 aliphatic heterocycles. The van der Waals surface area contributed by atoms with Crippen LogP contribution in [-0.2, 0) is 4.79 Å². The summed E-state index contributed by atoms with van der Waals surface area (Å²) < 4.78 is 1.33. The summed E-state index contributed by atoms with van der Waals surface area (Å²) in [6.45, 7) is 1.96. The molecule has 7 heteroatoms. The second-order valence-corrected chi connectivity index (χ2v) is 3.03. The molecule has 0 spiro atoms. The average molecular weight is 201 g/mol. The number of carbonyl (C=O) groups is 1. The molecule has 1 aromatic heterocycles. The Hall–Kier alpha value is -1.11. The summed E-state index contributed by atoms with van der Waals surface area (Å²) in [6.07, 6.45) is 1.45. The van der Waals surface area contributed by atoms with E-state index < -0.39 is 11.9 Å². The Bertz CT molecular complexity index is 299. The van der Waals surface area contributed by atoms with Gasteiger partial charge >= 0.3 is 0 Å². The number of thiol groups is 1. The van der Waals surface area contributed by atoms with E-state index in [2.05, 4.69) is 28.2 Å². The fourth-order valence-corrected chi connectivity index (χ4v) is 1.27. The largest absolute Gasteiger partial charge is 0.368 e. The zero-order chi connectivity index (χ0) is 9.84. The van der Waals surface area contributed by atoms with Gasteiger partial charge in [0.05, 0.1) is 0 Å². The minimum absolute atomic E-state index is 0.303. The van der Waals surface area contributed by atoms with E-state index in [1.54, 1.807) is 0 Å². The number of nitrogens with two attached hydrogens (primary N) is 1. The maximum Gasteiger partial charge on any atom is 0.242 e. The molecule has 0 aliphatic carbocycles. The lowest BCUT2D eigenvalue weighted by Crippen LogP contribution is -2.27. The minimum Gasteiger partial charge on any atom is -0.368 e. The van der Waals surface area contributed by atoms with Gasteiger partial charge in [-0.1, -0.05) is 13.3 Å². The van der Waals surface area contributed by atoms with Crippen molar-refractivity contribution in [3.05, 3.63) is 0 Å². The first-order chi connectivity index (χ1) is 6.16. The van der Waals surface area contributed by atoms with E-state index in [0.717, 1.165) is 6.42 Å². The smallest absolute Gasteiger partial charge is 0.242 e. The van der Waals surface area contributed by atoms with E-state index in [-0.39, 0.29) is 0 Å². The molecule has 1 atom stereocenters. The van der Waals surface area contributed by atoms with Gasteiger partial charge in [-0.25, -0.2) is 4.68 Å². The van der Waals surface area contributed by atoms with Crippen molar-refractivity contribution in [1.29, 1.82) is 0 Å². The summed E-state index contributed by atoms with van der Waals surface area (Å²) in [5, 5.41) is 10.9. The second-order valence-electron chi connectivity index (χ2n) is 2.63. The molecule has 1 rings (SSSR count). The maximum atomic E-state index is 11.0. The summed E-state index contributed by atoms with van der Waals surface area (Å²) in [6, 6.07) is -0.493. The molecule has 13 heavy (non-hydrogen) atoms. The molecule has 0 saturated carbocycles. The number of rotatable bonds is 4. The average Bonchev–Trinajstić information content (AvgIpc) is 2.47. The standard InChI is InChI=1S/C6H11N5OS/c1-2-3-4(5(7)12)11-6(13)8-9-10-11/h4H,2-3H2,1H3,(H2,7,12)(H,8,10,13). The molecule has 0 fully saturated rings. The third-order valence-corrected chi connectivity index (χ3v) is 1.96. The molecular formula is C6H11N5OS. The lowest BCUT2D eigenvalue weighted by molar-refractivity contribution is -0.121. The molecule has 1 aromatic rings. The normalized spacial score (nSPS) is 12.8. The molecule has 0 aliphatic rings. The molecule has 1 heterocycles. The monoisotopic (exact) mass is 201 g/mol. The number of hydrogen-bond donors (Lipinski definition) is 2. The van der Waals surface area contributed by atoms with Gasteiger partial charge in [-0.15, -0.1) is 17.7 Å². The highest BCUT2D eigenvalue weighted by molar-refractivity contribution is 7.80. The molecule has 0 radical (unpaired) electrons. The third kappa shape index (κ3) is 2.18. The first-order valence-electron chi connectivity index (χ1n) is 3.93. The highest BCUT2D eigenvalue weighted by Gasteiger charge is 2.19. The van der Waals surface area contributed by atoms with Crippen LogP contribution in [0.15, 0.2) is 5.16 Å². The Kier molecular flexibility index (Phi) is 3.24. The molecule has 6 nitrogen and oxygen atoms in total. The first-order valence-corrected chi connectivity index (χ1v) is 4.37. The van der Waals surface area contributed by atoms with Crippen molar-refractivity contribution in [1.82, 2.24) is 20.2 Å². The Balaban J connectivity index is 2.88. The third-order valence-electron chi connectivity index (χ3n) is 1.66. The Labute approximate surface area is 80.9 Å². The SMILES string of the molecule is CCCC(C(N)=O)n1nnnc1S. The fraction of sp³-hybridized carbons (Fsp3) is 0.667. The van der Waals surface area contributed by atoms with Crippen molar-refractivity contribution in [3.8, 4) is 0 Å². The van der Waals surface area contributed by atoms with Gasteiger partial charge in [0.1, 0.15) is 6.04 Å². The second kappa shape index (κ2) is 4.22. The summed E-state index contributed by atoms with van der Waals surface area (Å²) in [4.78, 5) is 11.0. The van der Waals surface area contributed by atoms with Gasteiger partial charge in [-0.05, 0) is 16.8 Å². The van der Waals surface area contributed by atoms with E-state index in [9.17, 15) is 4.79 Å². The summed E-state index contributed by atoms with van der Waals surface area (Å²) in [7, 11) is 0. The molecule has 0 bridgehead atoms. The van der Waals surface area contributed by atoms with Crippen LogP contribution < -0.4 is 5.73 Å². The molecule has 1 amide bonds. The summed E-state index contributed by atoms with van der Waals surface area (Å²) in [5.41, 5.74) is 5.19. The number of tetrazole rings is 1. The lowest BCUT2D eigenvalue weighted by atomic mass is 10.1. The van der Waals surface area contributed by atoms with E-state index in [4.69, 9.17) is 5.73 Å². The van der Waals surface area contributed by atoms with Gasteiger partial charge in [0.15, 0.2) is 0 Å². The number of hydrogen-bond acceptors (Lipinski definition) is 5. The van der Waals surface area contributed by atoms with Crippen molar-refractivity contribution >= 4 is 18.5 Å². The van der Waals surface area contributed by atoms with Gasteiger partial charge in [0.25, 0.3) is 0 Å². The minimum atomic E-state index is -0.493. The van der Waals surface area contributed by atoms with Gasteiger partial charge < -0.3 is 5.73 Å². The highest BCUT2D eigenvalue weighted by atomic mass is 32.1. The fourth-order valence-electron chi connectivity index (χ4n) is 1.05. The quantitative estimate of drug-likeness (QED) is 0.660. The molecule has 1 unspecified atom stereocenters. The first kappa shape index (κ1) is 9.97. The van der Waals surface area contributed by atoms with Crippen LogP contribution in [0.1, 0.15) is 25.8 Å². The van der Waals surface area contributed by atoms with Gasteiger partial charge in [0.2, 0.25) is 11.1 Å². The number of aromatic nitrogens is 4. The lowest BCUT2D eigenvalue weighted by Gasteiger charge is -2.11. The van der Waals surface area contributed by atoms with E-state index in [1.165, 1.54) is 4.68 Å². The Morgan fingerprint density at radius 3 is 2.85 bits per heavy atom. The highest BCUT2D eigenvalue weighted by Crippen LogP contribution is 2.14. The van der Waals surface area contributed by atoms with E-state index in [1.807, 2.05) is 6.92 Å². The van der Waals surface area contributed by atoms with Crippen LogP contribution in [0, 0.1) is 0 Å². The van der Waals surface area contributed by atoms with Crippen molar-refractivity contribution in [2.24, 2.45) is 5.73 Å². The number of amides is 1. The van der Waals surface area contributed by atoms with Crippen LogP contribution in [0.2, 0.25) is 0 Å². The number of nitrogens with zero attached hydrogens (tertiary/aromatic N) is 4. The molecule has 0 aromatic carbocycles. The molecule has 0 saturated heterocycles. The predicted octanol–water partition coefficient (Wildman–Crippen LogP) is -0.212. The van der Waals surface area contributed by atoms with Crippen LogP contribution in [0.5, 0.6) is 0 Å². The van der Waals surface area contributed by atoms with Crippen LogP contribution in [-0.4, -0.2) is 26.1 Å². The van der Waals surface area contributed by atoms with Crippen molar-refractivity contribution in [2.75, 3.05) is 0 Å². The van der Waals surface area contributed by atoms with Crippen LogP contribution >= 0.6 is 12.6 Å². The van der Waals surface area contributed by atoms with Gasteiger partial charge in [-0.3, -0.25) is 4.79 Å². The Morgan fingerprint density at radius 1 is 1.77 bits per heavy atom. The van der Waals surface area contributed by atoms with Crippen LogP contribution in [0.3, 0.4) is 0 Å². The molecule has 2 N–H and O–H groups in total. The Morgan fingerprint density at radius 2 is 2.46 bits per heavy atom. The summed E-state index contributed by atoms with van der Waals surface area (Å²) >= 11 is 3.99. The maximum absolute atomic E-state index is 11.0. The number of primary amides is 1. The van der Waals surface area contributed by atoms with E-state index >= 15 is 0 Å². The van der Waals surface area contributed by atoms with Crippen LogP contribution in [0.4, 0.5) is 0 Å². The van der Waals surface area contributed by atoms with Crippen molar-refractivity contribution < 1.29 is 4.79 Å². The van der Waals surface area contributed by atoms with Gasteiger partial charge in [0, 0.05) is 0 Å². The molecule has 72 valence electrons. The van der Waals surface area contributed by atoms with Crippen molar-refractivity contribution in [2.45, 2.75) is 31.0 Å². The molecular weight excluding hydrogens is 190 g/mol. The van der Waals surface area contributed by atoms with Crippen molar-refractivity contribution in [3.63, 3.8) is 0 Å². The zero-order valence-corrected chi connectivity index (χ0v) is 8.11. The zero-order valence-electron chi connectivity index (χ0n) is 7.21.